The van der Waals surface area contributed by atoms with Gasteiger partial charge in [-0.1, -0.05) is 17.3 Å². The van der Waals surface area contributed by atoms with Gasteiger partial charge in [0.2, 0.25) is 11.8 Å². The first-order chi connectivity index (χ1) is 10.2. The second kappa shape index (κ2) is 4.97. The Morgan fingerprint density at radius 3 is 2.90 bits per heavy atom. The molecule has 1 aromatic rings. The fraction of sp³-hybridized carbons (Fsp3) is 0.688. The lowest BCUT2D eigenvalue weighted by Crippen LogP contribution is -2.36. The number of allylic oxidation sites excluding steroid dienone is 2. The molecule has 5 heteroatoms. The summed E-state index contributed by atoms with van der Waals surface area (Å²) in [6.07, 6.45) is 9.70. The van der Waals surface area contributed by atoms with Gasteiger partial charge in [-0.05, 0) is 37.5 Å². The normalized spacial score (nSPS) is 30.0. The van der Waals surface area contributed by atoms with E-state index >= 15 is 0 Å². The van der Waals surface area contributed by atoms with Crippen molar-refractivity contribution in [1.29, 1.82) is 0 Å². The molecule has 1 amide bonds. The Balaban J connectivity index is 1.31. The molecule has 1 heterocycles. The lowest BCUT2D eigenvalue weighted by atomic mass is 9.92. The topological polar surface area (TPSA) is 59.2 Å². The number of nitrogens with zero attached hydrogens (tertiary/aromatic N) is 3. The van der Waals surface area contributed by atoms with Gasteiger partial charge in [0, 0.05) is 31.8 Å². The third-order valence-electron chi connectivity index (χ3n) is 5.05. The molecule has 21 heavy (non-hydrogen) atoms. The van der Waals surface area contributed by atoms with E-state index in [0.717, 1.165) is 31.0 Å². The van der Waals surface area contributed by atoms with Crippen molar-refractivity contribution in [3.63, 3.8) is 0 Å². The third kappa shape index (κ3) is 2.49. The van der Waals surface area contributed by atoms with E-state index in [1.807, 2.05) is 11.9 Å². The van der Waals surface area contributed by atoms with Crippen LogP contribution in [0.5, 0.6) is 0 Å². The monoisotopic (exact) mass is 287 g/mol. The van der Waals surface area contributed by atoms with Crippen LogP contribution in [0.15, 0.2) is 16.7 Å². The Bertz CT molecular complexity index is 576. The molecule has 0 aromatic carbocycles. The van der Waals surface area contributed by atoms with Crippen molar-refractivity contribution < 1.29 is 9.32 Å². The van der Waals surface area contributed by atoms with E-state index in [1.165, 1.54) is 6.42 Å². The summed E-state index contributed by atoms with van der Waals surface area (Å²) in [4.78, 5) is 18.8. The maximum absolute atomic E-state index is 12.5. The number of aromatic nitrogens is 2. The number of hydrogen-bond acceptors (Lipinski definition) is 4. The van der Waals surface area contributed by atoms with Gasteiger partial charge in [0.25, 0.3) is 0 Å². The van der Waals surface area contributed by atoms with Crippen molar-refractivity contribution in [3.05, 3.63) is 23.9 Å². The Morgan fingerprint density at radius 2 is 2.24 bits per heavy atom. The van der Waals surface area contributed by atoms with Crippen LogP contribution in [-0.4, -0.2) is 34.5 Å². The minimum absolute atomic E-state index is 0.192. The summed E-state index contributed by atoms with van der Waals surface area (Å²) in [5.74, 6) is 3.57. The van der Waals surface area contributed by atoms with Gasteiger partial charge in [0.05, 0.1) is 0 Å². The molecule has 0 saturated heterocycles. The highest BCUT2D eigenvalue weighted by atomic mass is 16.5. The number of rotatable bonds is 5. The first kappa shape index (κ1) is 13.0. The molecule has 0 N–H and O–H groups in total. The lowest BCUT2D eigenvalue weighted by Gasteiger charge is -2.24. The minimum atomic E-state index is 0.192. The zero-order chi connectivity index (χ0) is 14.4. The van der Waals surface area contributed by atoms with Crippen LogP contribution in [0.3, 0.4) is 0 Å². The molecule has 0 aliphatic heterocycles. The molecule has 2 fully saturated rings. The van der Waals surface area contributed by atoms with Crippen molar-refractivity contribution in [1.82, 2.24) is 15.0 Å². The quantitative estimate of drug-likeness (QED) is 0.779. The van der Waals surface area contributed by atoms with Gasteiger partial charge >= 0.3 is 0 Å². The van der Waals surface area contributed by atoms with Crippen LogP contribution >= 0.6 is 0 Å². The first-order valence-corrected chi connectivity index (χ1v) is 7.96. The van der Waals surface area contributed by atoms with E-state index in [2.05, 4.69) is 22.3 Å². The third-order valence-corrected chi connectivity index (χ3v) is 5.05. The van der Waals surface area contributed by atoms with Crippen LogP contribution < -0.4 is 0 Å². The average molecular weight is 287 g/mol. The van der Waals surface area contributed by atoms with Crippen molar-refractivity contribution in [2.45, 2.75) is 38.0 Å². The molecule has 3 atom stereocenters. The Kier molecular flexibility index (Phi) is 3.08. The molecular weight excluding hydrogens is 266 g/mol. The van der Waals surface area contributed by atoms with Gasteiger partial charge in [0.15, 0.2) is 5.82 Å². The summed E-state index contributed by atoms with van der Waals surface area (Å²) in [5.41, 5.74) is 0. The molecule has 2 saturated carbocycles. The zero-order valence-electron chi connectivity index (χ0n) is 12.4. The molecule has 5 nitrogen and oxygen atoms in total. The van der Waals surface area contributed by atoms with Crippen LogP contribution in [0.4, 0.5) is 0 Å². The van der Waals surface area contributed by atoms with Gasteiger partial charge in [-0.3, -0.25) is 4.79 Å². The van der Waals surface area contributed by atoms with Gasteiger partial charge in [-0.15, -0.1) is 0 Å². The molecule has 2 bridgehead atoms. The molecule has 0 unspecified atom stereocenters. The number of likely N-dealkylation sites (N-methyl/N-ethyl adjacent to an activating group) is 1. The fourth-order valence-electron chi connectivity index (χ4n) is 3.59. The van der Waals surface area contributed by atoms with Gasteiger partial charge < -0.3 is 9.42 Å². The largest absolute Gasteiger partial charge is 0.345 e. The smallest absolute Gasteiger partial charge is 0.229 e. The van der Waals surface area contributed by atoms with Crippen LogP contribution in [0.25, 0.3) is 0 Å². The summed E-state index contributed by atoms with van der Waals surface area (Å²) in [6.45, 7) is 0.667. The molecule has 0 radical (unpaired) electrons. The van der Waals surface area contributed by atoms with Crippen molar-refractivity contribution in [3.8, 4) is 0 Å². The second-order valence-electron chi connectivity index (χ2n) is 6.72. The summed E-state index contributed by atoms with van der Waals surface area (Å²) >= 11 is 0. The number of fused-ring (bicyclic) bond motifs is 2. The molecule has 3 aliphatic carbocycles. The maximum atomic E-state index is 12.5. The Morgan fingerprint density at radius 1 is 1.38 bits per heavy atom. The second-order valence-corrected chi connectivity index (χ2v) is 6.72. The highest BCUT2D eigenvalue weighted by Gasteiger charge is 2.40. The van der Waals surface area contributed by atoms with Crippen LogP contribution in [-0.2, 0) is 11.2 Å². The summed E-state index contributed by atoms with van der Waals surface area (Å²) < 4.78 is 5.25. The number of carbonyl (C=O) groups is 1. The van der Waals surface area contributed by atoms with E-state index < -0.39 is 0 Å². The van der Waals surface area contributed by atoms with Crippen LogP contribution in [0.2, 0.25) is 0 Å². The van der Waals surface area contributed by atoms with Crippen molar-refractivity contribution >= 4 is 5.91 Å². The van der Waals surface area contributed by atoms with E-state index in [0.29, 0.717) is 30.7 Å². The molecule has 112 valence electrons. The molecular formula is C16H21N3O2. The Hall–Kier alpha value is -1.65. The molecule has 0 spiro atoms. The molecule has 3 aliphatic rings. The van der Waals surface area contributed by atoms with E-state index in [-0.39, 0.29) is 11.8 Å². The number of carbonyl (C=O) groups excluding carboxylic acids is 1. The first-order valence-electron chi connectivity index (χ1n) is 7.96. The minimum Gasteiger partial charge on any atom is -0.345 e. The predicted octanol–water partition coefficient (Wildman–Crippen LogP) is 2.16. The summed E-state index contributed by atoms with van der Waals surface area (Å²) in [7, 11) is 1.89. The Labute approximate surface area is 124 Å². The standard InChI is InChI=1S/C16H21N3O2/c1-19(16(20)13-9-10-2-3-12(13)8-10)7-6-14-17-15(21-18-14)11-4-5-11/h2-3,10-13H,4-9H2,1H3/t10-,12+,13-/m1/s1. The summed E-state index contributed by atoms with van der Waals surface area (Å²) in [6, 6.07) is 0. The van der Waals surface area contributed by atoms with E-state index in [9.17, 15) is 4.79 Å². The van der Waals surface area contributed by atoms with Crippen LogP contribution in [0, 0.1) is 17.8 Å². The van der Waals surface area contributed by atoms with Crippen molar-refractivity contribution in [2.75, 3.05) is 13.6 Å². The molecule has 1 aromatic heterocycles. The maximum Gasteiger partial charge on any atom is 0.229 e. The van der Waals surface area contributed by atoms with Gasteiger partial charge in [-0.2, -0.15) is 4.98 Å². The highest BCUT2D eigenvalue weighted by Crippen LogP contribution is 2.44. The average Bonchev–Trinajstić information content (AvgIpc) is 2.93. The SMILES string of the molecule is CN(CCc1noc(C2CC2)n1)C(=O)[C@@H]1C[C@@H]2C=C[C@H]1C2. The zero-order valence-corrected chi connectivity index (χ0v) is 12.4. The molecule has 4 rings (SSSR count). The summed E-state index contributed by atoms with van der Waals surface area (Å²) in [5, 5.41) is 4.01. The van der Waals surface area contributed by atoms with Crippen molar-refractivity contribution in [2.24, 2.45) is 17.8 Å². The van der Waals surface area contributed by atoms with Crippen LogP contribution in [0.1, 0.15) is 43.3 Å². The fourth-order valence-corrected chi connectivity index (χ4v) is 3.59. The van der Waals surface area contributed by atoms with Gasteiger partial charge in [0.1, 0.15) is 0 Å². The lowest BCUT2D eigenvalue weighted by molar-refractivity contribution is -0.134. The van der Waals surface area contributed by atoms with E-state index in [1.54, 1.807) is 0 Å². The van der Waals surface area contributed by atoms with E-state index in [4.69, 9.17) is 4.52 Å². The van der Waals surface area contributed by atoms with Gasteiger partial charge in [-0.25, -0.2) is 0 Å². The number of hydrogen-bond donors (Lipinski definition) is 0. The highest BCUT2D eigenvalue weighted by molar-refractivity contribution is 5.79. The predicted molar refractivity (Wildman–Crippen MR) is 76.5 cm³/mol. The number of amides is 1.